The molecule has 11 heteroatoms. The van der Waals surface area contributed by atoms with Crippen molar-refractivity contribution in [2.75, 3.05) is 6.54 Å². The fourth-order valence-corrected chi connectivity index (χ4v) is 3.28. The Kier molecular flexibility index (Phi) is 8.12. The highest BCUT2D eigenvalue weighted by molar-refractivity contribution is 7.86. The summed E-state index contributed by atoms with van der Waals surface area (Å²) in [6.07, 6.45) is -5.21. The summed E-state index contributed by atoms with van der Waals surface area (Å²) < 4.78 is 74.3. The summed E-state index contributed by atoms with van der Waals surface area (Å²) in [6.45, 7) is 7.11. The maximum absolute atomic E-state index is 13.5. The number of nitrogens with one attached hydrogen (secondary N) is 1. The van der Waals surface area contributed by atoms with Crippen LogP contribution in [-0.4, -0.2) is 38.5 Å². The molecule has 0 saturated heterocycles. The Balaban J connectivity index is 2.11. The summed E-state index contributed by atoms with van der Waals surface area (Å²) in [5.41, 5.74) is -1.09. The van der Waals surface area contributed by atoms with Crippen molar-refractivity contribution in [3.63, 3.8) is 0 Å². The van der Waals surface area contributed by atoms with Crippen molar-refractivity contribution >= 4 is 21.9 Å². The van der Waals surface area contributed by atoms with Crippen LogP contribution in [0.5, 0.6) is 0 Å². The number of ether oxygens (including phenoxy) is 1. The third-order valence-electron chi connectivity index (χ3n) is 4.11. The number of hydrogen-bond acceptors (Lipinski definition) is 6. The van der Waals surface area contributed by atoms with Gasteiger partial charge in [-0.1, -0.05) is 47.1 Å². The van der Waals surface area contributed by atoms with Gasteiger partial charge in [0.15, 0.2) is 5.71 Å². The van der Waals surface area contributed by atoms with Crippen molar-refractivity contribution in [1.82, 2.24) is 5.32 Å². The van der Waals surface area contributed by atoms with E-state index in [1.807, 2.05) is 0 Å². The average Bonchev–Trinajstić information content (AvgIpc) is 2.67. The predicted octanol–water partition coefficient (Wildman–Crippen LogP) is 4.73. The van der Waals surface area contributed by atoms with Gasteiger partial charge < -0.3 is 10.1 Å². The minimum atomic E-state index is -4.96. The number of alkyl carbamates (subject to hydrolysis) is 1. The Labute approximate surface area is 190 Å². The van der Waals surface area contributed by atoms with E-state index in [4.69, 9.17) is 4.74 Å². The van der Waals surface area contributed by atoms with Crippen LogP contribution in [0.25, 0.3) is 0 Å². The summed E-state index contributed by atoms with van der Waals surface area (Å²) >= 11 is 0. The highest BCUT2D eigenvalue weighted by Crippen LogP contribution is 2.24. The molecule has 0 radical (unpaired) electrons. The number of nitrogens with zero attached hydrogens (tertiary/aromatic N) is 1. The first-order chi connectivity index (χ1) is 15.2. The Morgan fingerprint density at radius 3 is 2.09 bits per heavy atom. The monoisotopic (exact) mass is 486 g/mol. The van der Waals surface area contributed by atoms with Crippen LogP contribution in [0.1, 0.15) is 37.5 Å². The molecule has 0 unspecified atom stereocenters. The van der Waals surface area contributed by atoms with Crippen molar-refractivity contribution in [1.29, 1.82) is 0 Å². The van der Waals surface area contributed by atoms with E-state index in [0.29, 0.717) is 12.0 Å². The second-order valence-electron chi connectivity index (χ2n) is 8.15. The summed E-state index contributed by atoms with van der Waals surface area (Å²) in [7, 11) is -4.52. The van der Waals surface area contributed by atoms with Crippen LogP contribution in [0.15, 0.2) is 58.6 Å². The summed E-state index contributed by atoms with van der Waals surface area (Å²) in [5, 5.41) is 5.47. The number of carbonyl (C=O) groups excluding carboxylic acids is 1. The zero-order valence-electron chi connectivity index (χ0n) is 18.6. The van der Waals surface area contributed by atoms with Gasteiger partial charge in [-0.3, -0.25) is 4.28 Å². The molecule has 0 aliphatic carbocycles. The van der Waals surface area contributed by atoms with Gasteiger partial charge in [0.25, 0.3) is 0 Å². The van der Waals surface area contributed by atoms with E-state index < -0.39 is 33.7 Å². The minimum absolute atomic E-state index is 0.215. The van der Waals surface area contributed by atoms with Gasteiger partial charge in [-0.15, -0.1) is 0 Å². The van der Waals surface area contributed by atoms with Crippen molar-refractivity contribution in [2.45, 2.75) is 50.8 Å². The summed E-state index contributed by atoms with van der Waals surface area (Å²) in [5.74, 6) is 0. The number of aryl methyl sites for hydroxylation is 1. The van der Waals surface area contributed by atoms with Gasteiger partial charge in [-0.05, 0) is 51.8 Å². The van der Waals surface area contributed by atoms with Crippen LogP contribution in [0.2, 0.25) is 0 Å². The number of alkyl halides is 3. The zero-order chi connectivity index (χ0) is 24.9. The predicted molar refractivity (Wildman–Crippen MR) is 116 cm³/mol. The number of rotatable bonds is 7. The molecule has 1 N–H and O–H groups in total. The maximum atomic E-state index is 13.5. The van der Waals surface area contributed by atoms with Crippen LogP contribution in [0.3, 0.4) is 0 Å². The van der Waals surface area contributed by atoms with Gasteiger partial charge in [-0.25, -0.2) is 4.79 Å². The normalized spacial score (nSPS) is 12.9. The molecular formula is C22H25F3N2O5S. The number of carbonyl (C=O) groups is 1. The summed E-state index contributed by atoms with van der Waals surface area (Å²) in [4.78, 5) is 11.3. The molecule has 0 bridgehead atoms. The molecule has 1 amide bonds. The minimum Gasteiger partial charge on any atom is -0.444 e. The van der Waals surface area contributed by atoms with Crippen LogP contribution in [0.4, 0.5) is 18.0 Å². The van der Waals surface area contributed by atoms with E-state index in [0.717, 1.165) is 17.7 Å². The molecule has 7 nitrogen and oxygen atoms in total. The molecule has 0 fully saturated rings. The van der Waals surface area contributed by atoms with Crippen molar-refractivity contribution < 1.29 is 35.4 Å². The lowest BCUT2D eigenvalue weighted by Gasteiger charge is -2.19. The lowest BCUT2D eigenvalue weighted by atomic mass is 10.1. The van der Waals surface area contributed by atoms with E-state index in [1.165, 1.54) is 36.4 Å². The largest absolute Gasteiger partial charge is 0.444 e. The van der Waals surface area contributed by atoms with Crippen LogP contribution in [-0.2, 0) is 25.6 Å². The van der Waals surface area contributed by atoms with E-state index in [2.05, 4.69) is 14.8 Å². The lowest BCUT2D eigenvalue weighted by Crippen LogP contribution is -2.33. The fourth-order valence-electron chi connectivity index (χ4n) is 2.55. The molecular weight excluding hydrogens is 461 g/mol. The first kappa shape index (κ1) is 26.2. The molecule has 0 aromatic heterocycles. The van der Waals surface area contributed by atoms with Gasteiger partial charge in [0.1, 0.15) is 10.5 Å². The Hall–Kier alpha value is -3.08. The maximum Gasteiger partial charge on any atom is 0.437 e. The van der Waals surface area contributed by atoms with Gasteiger partial charge in [0, 0.05) is 12.1 Å². The molecule has 0 aliphatic heterocycles. The highest BCUT2D eigenvalue weighted by Gasteiger charge is 2.38. The van der Waals surface area contributed by atoms with Gasteiger partial charge in [0.2, 0.25) is 0 Å². The first-order valence-corrected chi connectivity index (χ1v) is 11.3. The molecule has 2 aromatic rings. The SMILES string of the molecule is Cc1ccc(S(=O)(=O)O/N=C(\c2ccc(CCNC(=O)OC(C)(C)C)cc2)C(F)(F)F)cc1. The van der Waals surface area contributed by atoms with Crippen LogP contribution in [0, 0.1) is 6.92 Å². The molecule has 0 saturated carbocycles. The molecule has 0 atom stereocenters. The van der Waals surface area contributed by atoms with Gasteiger partial charge >= 0.3 is 22.4 Å². The topological polar surface area (TPSA) is 94.1 Å². The average molecular weight is 487 g/mol. The van der Waals surface area contributed by atoms with E-state index >= 15 is 0 Å². The molecule has 0 spiro atoms. The van der Waals surface area contributed by atoms with Crippen molar-refractivity contribution in [3.05, 3.63) is 65.2 Å². The van der Waals surface area contributed by atoms with Crippen LogP contribution < -0.4 is 5.32 Å². The lowest BCUT2D eigenvalue weighted by molar-refractivity contribution is -0.0597. The zero-order valence-corrected chi connectivity index (χ0v) is 19.4. The molecule has 0 heterocycles. The molecule has 2 rings (SSSR count). The Morgan fingerprint density at radius 1 is 1.00 bits per heavy atom. The number of hydrogen-bond donors (Lipinski definition) is 1. The third kappa shape index (κ3) is 8.41. The number of oxime groups is 1. The molecule has 33 heavy (non-hydrogen) atoms. The van der Waals surface area contributed by atoms with Crippen molar-refractivity contribution in [2.24, 2.45) is 5.16 Å². The molecule has 180 valence electrons. The third-order valence-corrected chi connectivity index (χ3v) is 5.23. The first-order valence-electron chi connectivity index (χ1n) is 9.89. The standard InChI is InChI=1S/C22H25F3N2O5S/c1-15-5-11-18(12-6-15)33(29,30)32-27-19(22(23,24)25)17-9-7-16(8-10-17)13-14-26-20(28)31-21(2,3)4/h5-12H,13-14H2,1-4H3,(H,26,28)/b27-19+. The van der Waals surface area contributed by atoms with Gasteiger partial charge in [0.05, 0.1) is 0 Å². The van der Waals surface area contributed by atoms with Crippen LogP contribution >= 0.6 is 0 Å². The molecule has 2 aromatic carbocycles. The fraction of sp³-hybridized carbons (Fsp3) is 0.364. The van der Waals surface area contributed by atoms with E-state index in [-0.39, 0.29) is 17.0 Å². The number of halogens is 3. The Morgan fingerprint density at radius 2 is 1.58 bits per heavy atom. The second kappa shape index (κ2) is 10.2. The van der Waals surface area contributed by atoms with Gasteiger partial charge in [-0.2, -0.15) is 21.6 Å². The number of amides is 1. The highest BCUT2D eigenvalue weighted by atomic mass is 32.2. The second-order valence-corrected chi connectivity index (χ2v) is 9.68. The number of benzene rings is 2. The quantitative estimate of drug-likeness (QED) is 0.451. The van der Waals surface area contributed by atoms with Crippen molar-refractivity contribution in [3.8, 4) is 0 Å². The Bertz CT molecular complexity index is 1090. The summed E-state index contributed by atoms with van der Waals surface area (Å²) in [6, 6.07) is 10.5. The van der Waals surface area contributed by atoms with E-state index in [1.54, 1.807) is 27.7 Å². The smallest absolute Gasteiger partial charge is 0.437 e. The van der Waals surface area contributed by atoms with E-state index in [9.17, 15) is 26.4 Å². The molecule has 0 aliphatic rings.